The van der Waals surface area contributed by atoms with E-state index in [1.165, 1.54) is 18.1 Å². The Labute approximate surface area is 230 Å². The molecule has 39 heavy (non-hydrogen) atoms. The number of oxazole rings is 1. The van der Waals surface area contributed by atoms with Crippen molar-refractivity contribution in [3.8, 4) is 5.75 Å². The molecule has 9 heteroatoms. The molecule has 0 saturated carbocycles. The number of ether oxygens (including phenoxy) is 1. The Bertz CT molecular complexity index is 1480. The highest BCUT2D eigenvalue weighted by atomic mass is 32.2. The Morgan fingerprint density at radius 1 is 1.03 bits per heavy atom. The summed E-state index contributed by atoms with van der Waals surface area (Å²) in [5.74, 6) is 2.91. The first kappa shape index (κ1) is 25.3. The Balaban J connectivity index is 1.24. The number of amides is 2. The number of aromatic nitrogens is 1. The summed E-state index contributed by atoms with van der Waals surface area (Å²) < 4.78 is 17.1. The summed E-state index contributed by atoms with van der Waals surface area (Å²) in [5, 5.41) is 0. The van der Waals surface area contributed by atoms with Crippen LogP contribution in [-0.4, -0.2) is 57.7 Å². The van der Waals surface area contributed by atoms with Crippen LogP contribution in [0.25, 0.3) is 0 Å². The van der Waals surface area contributed by atoms with Crippen LogP contribution in [-0.2, 0) is 13.0 Å². The number of thioether (sulfide) groups is 1. The van der Waals surface area contributed by atoms with Crippen molar-refractivity contribution in [3.05, 3.63) is 107 Å². The van der Waals surface area contributed by atoms with E-state index in [0.29, 0.717) is 29.6 Å². The molecule has 6 rings (SSSR count). The fraction of sp³-hybridized carbons (Fsp3) is 0.300. The molecule has 0 N–H and O–H groups in total. The number of rotatable bonds is 6. The highest BCUT2D eigenvalue weighted by Crippen LogP contribution is 2.38. The molecule has 200 valence electrons. The Kier molecular flexibility index (Phi) is 7.15. The molecule has 2 aromatic heterocycles. The molecule has 1 fully saturated rings. The molecule has 0 unspecified atom stereocenters. The van der Waals surface area contributed by atoms with Crippen LogP contribution < -0.4 is 4.74 Å². The Hall–Kier alpha value is -3.98. The van der Waals surface area contributed by atoms with Gasteiger partial charge in [0.2, 0.25) is 5.89 Å². The fourth-order valence-electron chi connectivity index (χ4n) is 5.19. The van der Waals surface area contributed by atoms with E-state index in [9.17, 15) is 9.59 Å². The molecule has 4 heterocycles. The van der Waals surface area contributed by atoms with Gasteiger partial charge in [0.05, 0.1) is 12.3 Å². The van der Waals surface area contributed by atoms with Crippen molar-refractivity contribution < 1.29 is 23.2 Å². The van der Waals surface area contributed by atoms with Crippen molar-refractivity contribution in [2.75, 3.05) is 31.1 Å². The quantitative estimate of drug-likeness (QED) is 0.333. The number of fused-ring (bicyclic) bond motifs is 1. The molecule has 1 saturated heterocycles. The van der Waals surface area contributed by atoms with Gasteiger partial charge in [-0.25, -0.2) is 4.98 Å². The summed E-state index contributed by atoms with van der Waals surface area (Å²) in [5.41, 5.74) is 4.63. The maximum absolute atomic E-state index is 13.5. The van der Waals surface area contributed by atoms with Crippen LogP contribution in [0.4, 0.5) is 0 Å². The van der Waals surface area contributed by atoms with E-state index < -0.39 is 0 Å². The number of carbonyl (C=O) groups is 2. The first-order valence-corrected chi connectivity index (χ1v) is 14.2. The third kappa shape index (κ3) is 5.31. The summed E-state index contributed by atoms with van der Waals surface area (Å²) in [6.45, 7) is 4.16. The number of aryl methyl sites for hydroxylation is 1. The minimum absolute atomic E-state index is 0.0894. The van der Waals surface area contributed by atoms with Gasteiger partial charge >= 0.3 is 0 Å². The maximum Gasteiger partial charge on any atom is 0.290 e. The fourth-order valence-corrected chi connectivity index (χ4v) is 6.10. The molecule has 0 aliphatic carbocycles. The number of benzene rings is 2. The van der Waals surface area contributed by atoms with Crippen molar-refractivity contribution in [3.63, 3.8) is 0 Å². The van der Waals surface area contributed by atoms with Crippen LogP contribution in [0.5, 0.6) is 5.75 Å². The maximum atomic E-state index is 13.5. The molecule has 2 aromatic carbocycles. The molecule has 8 nitrogen and oxygen atoms in total. The Morgan fingerprint density at radius 2 is 1.90 bits per heavy atom. The summed E-state index contributed by atoms with van der Waals surface area (Å²) >= 11 is 1.85. The van der Waals surface area contributed by atoms with Gasteiger partial charge < -0.3 is 23.4 Å². The van der Waals surface area contributed by atoms with Gasteiger partial charge in [-0.1, -0.05) is 35.9 Å². The number of hydrogen-bond acceptors (Lipinski definition) is 7. The van der Waals surface area contributed by atoms with Crippen LogP contribution in [0.2, 0.25) is 0 Å². The van der Waals surface area contributed by atoms with Gasteiger partial charge in [-0.2, -0.15) is 11.8 Å². The van der Waals surface area contributed by atoms with Gasteiger partial charge in [-0.15, -0.1) is 0 Å². The largest absolute Gasteiger partial charge is 0.484 e. The average molecular weight is 544 g/mol. The van der Waals surface area contributed by atoms with Crippen molar-refractivity contribution >= 4 is 23.6 Å². The van der Waals surface area contributed by atoms with Crippen LogP contribution in [0.3, 0.4) is 0 Å². The van der Waals surface area contributed by atoms with Crippen LogP contribution >= 0.6 is 11.8 Å². The molecule has 1 atom stereocenters. The van der Waals surface area contributed by atoms with Gasteiger partial charge in [-0.05, 0) is 54.3 Å². The lowest BCUT2D eigenvalue weighted by atomic mass is 9.87. The van der Waals surface area contributed by atoms with E-state index in [4.69, 9.17) is 13.6 Å². The number of furan rings is 1. The molecule has 4 aromatic rings. The molecule has 0 radical (unpaired) electrons. The van der Waals surface area contributed by atoms with E-state index in [1.54, 1.807) is 12.1 Å². The monoisotopic (exact) mass is 543 g/mol. The zero-order chi connectivity index (χ0) is 26.8. The Morgan fingerprint density at radius 3 is 2.69 bits per heavy atom. The summed E-state index contributed by atoms with van der Waals surface area (Å²) in [6, 6.07) is 17.3. The highest BCUT2D eigenvalue weighted by molar-refractivity contribution is 7.99. The second-order valence-electron chi connectivity index (χ2n) is 9.72. The van der Waals surface area contributed by atoms with Crippen molar-refractivity contribution in [2.45, 2.75) is 26.0 Å². The first-order chi connectivity index (χ1) is 19.1. The van der Waals surface area contributed by atoms with E-state index >= 15 is 0 Å². The predicted octanol–water partition coefficient (Wildman–Crippen LogP) is 5.13. The topological polar surface area (TPSA) is 89.0 Å². The molecule has 0 spiro atoms. The smallest absolute Gasteiger partial charge is 0.290 e. The first-order valence-electron chi connectivity index (χ1n) is 13.0. The van der Waals surface area contributed by atoms with Crippen molar-refractivity contribution in [1.82, 2.24) is 14.8 Å². The van der Waals surface area contributed by atoms with E-state index in [2.05, 4.69) is 23.2 Å². The SMILES string of the molecule is Cc1cccc([C@H]2c3cc(OCc4nc(C(=O)N5CCSCC5)co4)ccc3CCN2C(=O)c2ccco2)c1. The zero-order valence-electron chi connectivity index (χ0n) is 21.7. The summed E-state index contributed by atoms with van der Waals surface area (Å²) in [4.78, 5) is 34.2. The second-order valence-corrected chi connectivity index (χ2v) is 10.9. The van der Waals surface area contributed by atoms with Crippen molar-refractivity contribution in [1.29, 1.82) is 0 Å². The lowest BCUT2D eigenvalue weighted by molar-refractivity contribution is 0.0661. The predicted molar refractivity (Wildman–Crippen MR) is 147 cm³/mol. The van der Waals surface area contributed by atoms with Gasteiger partial charge in [0.1, 0.15) is 12.0 Å². The van der Waals surface area contributed by atoms with Gasteiger partial charge in [0.25, 0.3) is 11.8 Å². The lowest BCUT2D eigenvalue weighted by Gasteiger charge is -2.37. The minimum atomic E-state index is -0.288. The summed E-state index contributed by atoms with van der Waals surface area (Å²) in [7, 11) is 0. The summed E-state index contributed by atoms with van der Waals surface area (Å²) in [6.07, 6.45) is 3.65. The number of hydrogen-bond donors (Lipinski definition) is 0. The highest BCUT2D eigenvalue weighted by Gasteiger charge is 2.34. The lowest BCUT2D eigenvalue weighted by Crippen LogP contribution is -2.40. The van der Waals surface area contributed by atoms with Crippen molar-refractivity contribution in [2.24, 2.45) is 0 Å². The van der Waals surface area contributed by atoms with Crippen LogP contribution in [0, 0.1) is 6.92 Å². The van der Waals surface area contributed by atoms with E-state index in [1.807, 2.05) is 52.8 Å². The molecule has 2 amide bonds. The third-order valence-electron chi connectivity index (χ3n) is 7.13. The average Bonchev–Trinajstić information content (AvgIpc) is 3.68. The normalized spacial score (nSPS) is 17.1. The van der Waals surface area contributed by atoms with Crippen LogP contribution in [0.1, 0.15) is 55.2 Å². The number of nitrogens with zero attached hydrogens (tertiary/aromatic N) is 3. The van der Waals surface area contributed by atoms with Gasteiger partial charge in [0, 0.05) is 31.1 Å². The molecular formula is C30H29N3O5S. The van der Waals surface area contributed by atoms with Crippen LogP contribution in [0.15, 0.2) is 76.0 Å². The molecule has 0 bridgehead atoms. The minimum Gasteiger partial charge on any atom is -0.484 e. The van der Waals surface area contributed by atoms with E-state index in [-0.39, 0.29) is 24.5 Å². The standard InChI is InChI=1S/C30H29N3O5S/c1-20-4-2-5-22(16-20)28-24-17-23(8-7-21(24)9-10-33(28)30(35)26-6-3-13-36-26)37-19-27-31-25(18-38-27)29(34)32-11-14-39-15-12-32/h2-8,13,16-18,28H,9-12,14-15,19H2,1H3/t28-/m0/s1. The van der Waals surface area contributed by atoms with E-state index in [0.717, 1.165) is 47.7 Å². The van der Waals surface area contributed by atoms with Gasteiger partial charge in [0.15, 0.2) is 18.1 Å². The third-order valence-corrected chi connectivity index (χ3v) is 8.07. The van der Waals surface area contributed by atoms with Gasteiger partial charge in [-0.3, -0.25) is 9.59 Å². The molecular weight excluding hydrogens is 514 g/mol. The zero-order valence-corrected chi connectivity index (χ0v) is 22.5. The second kappa shape index (κ2) is 11.0. The number of carbonyl (C=O) groups excluding carboxylic acids is 2. The molecule has 2 aliphatic rings. The molecule has 2 aliphatic heterocycles.